The minimum Gasteiger partial charge on any atom is -0.480 e. The molecule has 2 aromatic rings. The number of ether oxygens (including phenoxy) is 1. The zero-order valence-corrected chi connectivity index (χ0v) is 29.1. The third kappa shape index (κ3) is 11.8. The van der Waals surface area contributed by atoms with E-state index in [-0.39, 0.29) is 42.3 Å². The van der Waals surface area contributed by atoms with E-state index in [1.54, 1.807) is 17.0 Å². The van der Waals surface area contributed by atoms with E-state index in [9.17, 15) is 28.8 Å². The monoisotopic (exact) mass is 691 g/mol. The van der Waals surface area contributed by atoms with Gasteiger partial charge in [-0.25, -0.2) is 4.79 Å². The summed E-state index contributed by atoms with van der Waals surface area (Å²) in [5.74, 6) is -3.32. The van der Waals surface area contributed by atoms with Gasteiger partial charge >= 0.3 is 11.9 Å². The van der Waals surface area contributed by atoms with Crippen LogP contribution in [0.2, 0.25) is 0 Å². The molecule has 0 radical (unpaired) electrons. The summed E-state index contributed by atoms with van der Waals surface area (Å²) < 4.78 is 5.28. The van der Waals surface area contributed by atoms with Crippen LogP contribution in [0.5, 0.6) is 0 Å². The number of carbonyl (C=O) groups is 6. The van der Waals surface area contributed by atoms with Crippen molar-refractivity contribution in [2.75, 3.05) is 18.9 Å². The van der Waals surface area contributed by atoms with Gasteiger partial charge in [0.15, 0.2) is 0 Å². The number of benzene rings is 1. The maximum absolute atomic E-state index is 14.0. The smallest absolute Gasteiger partial charge is 0.328 e. The number of fused-ring (bicyclic) bond motifs is 1. The molecule has 1 saturated heterocycles. The topological polar surface area (TPSA) is 187 Å². The van der Waals surface area contributed by atoms with E-state index in [0.29, 0.717) is 19.4 Å². The lowest BCUT2D eigenvalue weighted by Crippen LogP contribution is -2.57. The molecular weight excluding hydrogens is 647 g/mol. The highest BCUT2D eigenvalue weighted by Gasteiger charge is 2.39. The average molecular weight is 692 g/mol. The molecule has 2 heterocycles. The van der Waals surface area contributed by atoms with Crippen molar-refractivity contribution < 1.29 is 38.6 Å². The highest BCUT2D eigenvalue weighted by molar-refractivity contribution is 8.77. The first kappa shape index (κ1) is 37.7. The number of carboxylic acids is 1. The molecule has 258 valence electrons. The maximum atomic E-state index is 14.0. The first-order valence-electron chi connectivity index (χ1n) is 15.6. The number of carbonyl (C=O) groups excluding carboxylic acids is 5. The van der Waals surface area contributed by atoms with Crippen molar-refractivity contribution in [3.05, 3.63) is 36.0 Å². The van der Waals surface area contributed by atoms with Gasteiger partial charge in [-0.2, -0.15) is 0 Å². The first-order valence-corrected chi connectivity index (χ1v) is 17.9. The molecule has 4 amide bonds. The van der Waals surface area contributed by atoms with Crippen molar-refractivity contribution in [1.82, 2.24) is 25.8 Å². The fraction of sp³-hybridized carbons (Fsp3) is 0.562. The second-order valence-electron chi connectivity index (χ2n) is 12.4. The summed E-state index contributed by atoms with van der Waals surface area (Å²) in [5.41, 5.74) is 1.74. The standard InChI is InChI=1S/C32H45N5O8S2/c1-19(30(42)43)34-27(39)13-9-15-45-31(44)26-12-8-14-37(26)29(41)25(18-46-47-32(3,4)5)36-28(40)24(35-20(2)38)16-21-17-33-23-11-7-6-10-22(21)23/h6-7,10-11,17,19,24-26,33H,8-9,12-16,18H2,1-5H3,(H,34,39)(H,35,38)(H,36,40)(H,42,43)/t19-,24-,25+,26-/m0/s1. The average Bonchev–Trinajstić information content (AvgIpc) is 3.65. The zero-order chi connectivity index (χ0) is 34.7. The van der Waals surface area contributed by atoms with Crippen molar-refractivity contribution in [2.24, 2.45) is 0 Å². The second kappa shape index (κ2) is 17.4. The molecule has 13 nitrogen and oxygen atoms in total. The number of hydrogen-bond acceptors (Lipinski definition) is 9. The van der Waals surface area contributed by atoms with Gasteiger partial charge in [0.2, 0.25) is 23.6 Å². The number of H-pyrrole nitrogens is 1. The Morgan fingerprint density at radius 1 is 1.09 bits per heavy atom. The molecule has 1 aromatic heterocycles. The second-order valence-corrected chi connectivity index (χ2v) is 15.6. The molecule has 0 spiro atoms. The van der Waals surface area contributed by atoms with Gasteiger partial charge in [-0.3, -0.25) is 24.0 Å². The van der Waals surface area contributed by atoms with E-state index in [4.69, 9.17) is 9.84 Å². The van der Waals surface area contributed by atoms with Crippen LogP contribution in [0.4, 0.5) is 0 Å². The predicted molar refractivity (Wildman–Crippen MR) is 182 cm³/mol. The number of likely N-dealkylation sites (tertiary alicyclic amines) is 1. The molecule has 4 atom stereocenters. The number of esters is 1. The molecule has 1 fully saturated rings. The molecule has 0 aliphatic carbocycles. The molecule has 0 unspecified atom stereocenters. The summed E-state index contributed by atoms with van der Waals surface area (Å²) in [6.07, 6.45) is 3.12. The van der Waals surface area contributed by atoms with Gasteiger partial charge in [0.25, 0.3) is 0 Å². The molecule has 47 heavy (non-hydrogen) atoms. The number of aliphatic carboxylic acids is 1. The Morgan fingerprint density at radius 2 is 1.81 bits per heavy atom. The molecular formula is C32H45N5O8S2. The molecule has 5 N–H and O–H groups in total. The highest BCUT2D eigenvalue weighted by Crippen LogP contribution is 2.35. The lowest BCUT2D eigenvalue weighted by Gasteiger charge is -2.29. The minimum atomic E-state index is -1.15. The normalized spacial score (nSPS) is 16.6. The van der Waals surface area contributed by atoms with E-state index in [2.05, 4.69) is 20.9 Å². The van der Waals surface area contributed by atoms with E-state index in [1.807, 2.05) is 45.0 Å². The summed E-state index contributed by atoms with van der Waals surface area (Å²) in [4.78, 5) is 80.3. The zero-order valence-electron chi connectivity index (χ0n) is 27.4. The number of amides is 4. The van der Waals surface area contributed by atoms with E-state index >= 15 is 0 Å². The van der Waals surface area contributed by atoms with E-state index < -0.39 is 53.8 Å². The lowest BCUT2D eigenvalue weighted by molar-refractivity contribution is -0.154. The Balaban J connectivity index is 1.69. The minimum absolute atomic E-state index is 0.0248. The summed E-state index contributed by atoms with van der Waals surface area (Å²) in [6.45, 7) is 9.03. The van der Waals surface area contributed by atoms with Crippen LogP contribution < -0.4 is 16.0 Å². The van der Waals surface area contributed by atoms with Crippen LogP contribution in [0.25, 0.3) is 10.9 Å². The number of aromatic nitrogens is 1. The highest BCUT2D eigenvalue weighted by atomic mass is 33.1. The van der Waals surface area contributed by atoms with Crippen molar-refractivity contribution in [1.29, 1.82) is 0 Å². The van der Waals surface area contributed by atoms with Crippen LogP contribution in [0.3, 0.4) is 0 Å². The molecule has 1 aliphatic heterocycles. The number of rotatable bonds is 16. The molecule has 15 heteroatoms. The molecule has 1 aliphatic rings. The predicted octanol–water partition coefficient (Wildman–Crippen LogP) is 2.78. The van der Waals surface area contributed by atoms with Crippen molar-refractivity contribution in [2.45, 2.75) is 95.6 Å². The molecule has 3 rings (SSSR count). The fourth-order valence-corrected chi connectivity index (χ4v) is 7.51. The van der Waals surface area contributed by atoms with E-state index in [1.165, 1.54) is 29.5 Å². The van der Waals surface area contributed by atoms with Crippen LogP contribution in [-0.2, 0) is 39.9 Å². The third-order valence-electron chi connectivity index (χ3n) is 7.30. The van der Waals surface area contributed by atoms with Gasteiger partial charge in [0.1, 0.15) is 24.2 Å². The van der Waals surface area contributed by atoms with E-state index in [0.717, 1.165) is 16.5 Å². The quantitative estimate of drug-likeness (QED) is 0.0996. The summed E-state index contributed by atoms with van der Waals surface area (Å²) in [6, 6.07) is 3.84. The summed E-state index contributed by atoms with van der Waals surface area (Å²) in [5, 5.41) is 17.8. The molecule has 0 saturated carbocycles. The van der Waals surface area contributed by atoms with Crippen LogP contribution in [0.15, 0.2) is 30.5 Å². The van der Waals surface area contributed by atoms with Crippen LogP contribution in [0, 0.1) is 0 Å². The number of carboxylic acid groups (broad SMARTS) is 1. The van der Waals surface area contributed by atoms with Crippen LogP contribution in [0.1, 0.15) is 65.9 Å². The fourth-order valence-electron chi connectivity index (χ4n) is 5.05. The number of nitrogens with one attached hydrogen (secondary N) is 4. The Hall–Kier alpha value is -3.72. The lowest BCUT2D eigenvalue weighted by atomic mass is 10.0. The summed E-state index contributed by atoms with van der Waals surface area (Å²) >= 11 is 0. The Labute approximate surface area is 282 Å². The van der Waals surface area contributed by atoms with Crippen molar-refractivity contribution in [3.63, 3.8) is 0 Å². The Morgan fingerprint density at radius 3 is 2.49 bits per heavy atom. The number of nitrogens with zero attached hydrogens (tertiary/aromatic N) is 1. The Bertz CT molecular complexity index is 1440. The van der Waals surface area contributed by atoms with Crippen molar-refractivity contribution in [3.8, 4) is 0 Å². The van der Waals surface area contributed by atoms with Gasteiger partial charge in [0, 0.05) is 53.9 Å². The number of para-hydroxylation sites is 1. The van der Waals surface area contributed by atoms with Crippen LogP contribution >= 0.6 is 21.6 Å². The van der Waals surface area contributed by atoms with Gasteiger partial charge in [-0.1, -0.05) is 60.6 Å². The van der Waals surface area contributed by atoms with Gasteiger partial charge in [-0.05, 0) is 37.8 Å². The largest absolute Gasteiger partial charge is 0.480 e. The van der Waals surface area contributed by atoms with Crippen LogP contribution in [-0.4, -0.2) is 98.4 Å². The van der Waals surface area contributed by atoms with Gasteiger partial charge in [0.05, 0.1) is 6.61 Å². The first-order chi connectivity index (χ1) is 22.2. The molecule has 1 aromatic carbocycles. The third-order valence-corrected chi connectivity index (χ3v) is 10.6. The number of hydrogen-bond donors (Lipinski definition) is 5. The number of aromatic amines is 1. The Kier molecular flexibility index (Phi) is 14.0. The van der Waals surface area contributed by atoms with Crippen molar-refractivity contribution >= 4 is 68.1 Å². The van der Waals surface area contributed by atoms with Gasteiger partial charge in [-0.15, -0.1) is 0 Å². The SMILES string of the molecule is CC(=O)N[C@@H](Cc1c[nH]c2ccccc12)C(=O)N[C@H](CSSC(C)(C)C)C(=O)N1CCC[C@H]1C(=O)OCCCC(=O)N[C@@H](C)C(=O)O. The molecule has 0 bridgehead atoms. The maximum Gasteiger partial charge on any atom is 0.328 e. The summed E-state index contributed by atoms with van der Waals surface area (Å²) in [7, 11) is 3.00. The van der Waals surface area contributed by atoms with Gasteiger partial charge < -0.3 is 35.7 Å².